The van der Waals surface area contributed by atoms with Crippen LogP contribution in [0, 0.1) is 5.82 Å². The molecule has 2 aromatic carbocycles. The second kappa shape index (κ2) is 5.60. The molecule has 0 fully saturated rings. The van der Waals surface area contributed by atoms with E-state index in [4.69, 9.17) is 4.74 Å². The van der Waals surface area contributed by atoms with E-state index < -0.39 is 5.82 Å². The van der Waals surface area contributed by atoms with Crippen LogP contribution in [0.15, 0.2) is 42.5 Å². The van der Waals surface area contributed by atoms with Crippen LogP contribution >= 0.6 is 0 Å². The van der Waals surface area contributed by atoms with Crippen LogP contribution in [0.4, 0.5) is 10.1 Å². The molecule has 2 aromatic rings. The number of halogens is 1. The van der Waals surface area contributed by atoms with Crippen molar-refractivity contribution in [2.24, 2.45) is 0 Å². The number of Topliss-reactive ketones (excluding diaryl/α,β-unsaturated/α-hetero) is 1. The molecule has 0 radical (unpaired) electrons. The summed E-state index contributed by atoms with van der Waals surface area (Å²) >= 11 is 0. The zero-order valence-corrected chi connectivity index (χ0v) is 11.9. The van der Waals surface area contributed by atoms with Crippen LogP contribution in [0.1, 0.15) is 28.8 Å². The molecule has 1 N–H and O–H groups in total. The maximum Gasteiger partial charge on any atom is 0.231 e. The fourth-order valence-electron chi connectivity index (χ4n) is 2.38. The minimum Gasteiger partial charge on any atom is -0.482 e. The Hall–Kier alpha value is -2.69. The Bertz CT molecular complexity index is 757. The summed E-state index contributed by atoms with van der Waals surface area (Å²) < 4.78 is 18.6. The van der Waals surface area contributed by atoms with E-state index >= 15 is 0 Å². The summed E-state index contributed by atoms with van der Waals surface area (Å²) in [7, 11) is 0. The van der Waals surface area contributed by atoms with Crippen molar-refractivity contribution in [2.45, 2.75) is 12.8 Å². The second-order valence-electron chi connectivity index (χ2n) is 5.16. The first-order valence-corrected chi connectivity index (χ1v) is 6.91. The molecule has 4 nitrogen and oxygen atoms in total. The number of fused-ring (bicyclic) bond motifs is 1. The normalized spacial score (nSPS) is 16.1. The van der Waals surface area contributed by atoms with Crippen molar-refractivity contribution in [1.29, 1.82) is 0 Å². The maximum atomic E-state index is 13.4. The standard InChI is InChI=1S/C17H14FNO3/c1-10-12-8-11(6-7-14(12)19-17(10)21)15(20)9-22-16-5-3-2-4-13(16)18/h2-8,10H,9H2,1H3,(H,19,21)/t10-/m0/s1. The first kappa shape index (κ1) is 14.3. The fourth-order valence-corrected chi connectivity index (χ4v) is 2.38. The van der Waals surface area contributed by atoms with Crippen molar-refractivity contribution in [2.75, 3.05) is 11.9 Å². The highest BCUT2D eigenvalue weighted by molar-refractivity contribution is 6.04. The van der Waals surface area contributed by atoms with Crippen LogP contribution in [0.2, 0.25) is 0 Å². The highest BCUT2D eigenvalue weighted by Crippen LogP contribution is 2.32. The number of ketones is 1. The van der Waals surface area contributed by atoms with Gasteiger partial charge in [0.25, 0.3) is 0 Å². The number of benzene rings is 2. The fraction of sp³-hybridized carbons (Fsp3) is 0.176. The molecule has 22 heavy (non-hydrogen) atoms. The Morgan fingerprint density at radius 1 is 1.27 bits per heavy atom. The largest absolute Gasteiger partial charge is 0.482 e. The maximum absolute atomic E-state index is 13.4. The molecule has 1 aliphatic rings. The summed E-state index contributed by atoms with van der Waals surface area (Å²) in [6.07, 6.45) is 0. The zero-order valence-electron chi connectivity index (χ0n) is 11.9. The third kappa shape index (κ3) is 2.57. The lowest BCUT2D eigenvalue weighted by Crippen LogP contribution is -2.12. The molecule has 0 spiro atoms. The van der Waals surface area contributed by atoms with Gasteiger partial charge in [-0.1, -0.05) is 12.1 Å². The number of hydrogen-bond donors (Lipinski definition) is 1. The van der Waals surface area contributed by atoms with E-state index in [2.05, 4.69) is 5.32 Å². The molecule has 0 bridgehead atoms. The number of anilines is 1. The summed E-state index contributed by atoms with van der Waals surface area (Å²) in [6.45, 7) is 1.53. The molecule has 0 aromatic heterocycles. The summed E-state index contributed by atoms with van der Waals surface area (Å²) in [5, 5.41) is 2.75. The molecular formula is C17H14FNO3. The van der Waals surface area contributed by atoms with E-state index in [9.17, 15) is 14.0 Å². The minimum atomic E-state index is -0.507. The van der Waals surface area contributed by atoms with Gasteiger partial charge in [0.2, 0.25) is 5.91 Å². The van der Waals surface area contributed by atoms with Crippen molar-refractivity contribution < 1.29 is 18.7 Å². The average molecular weight is 299 g/mol. The summed E-state index contributed by atoms with van der Waals surface area (Å²) in [4.78, 5) is 23.8. The number of carbonyl (C=O) groups excluding carboxylic acids is 2. The topological polar surface area (TPSA) is 55.4 Å². The molecule has 1 atom stereocenters. The summed E-state index contributed by atoms with van der Waals surface area (Å²) in [5.74, 6) is -1.09. The predicted octanol–water partition coefficient (Wildman–Crippen LogP) is 3.14. The van der Waals surface area contributed by atoms with Crippen LogP contribution in [-0.4, -0.2) is 18.3 Å². The van der Waals surface area contributed by atoms with Gasteiger partial charge in [0.15, 0.2) is 24.0 Å². The van der Waals surface area contributed by atoms with E-state index in [-0.39, 0.29) is 30.0 Å². The molecule has 1 amide bonds. The van der Waals surface area contributed by atoms with Crippen LogP contribution in [0.25, 0.3) is 0 Å². The quantitative estimate of drug-likeness (QED) is 0.882. The van der Waals surface area contributed by atoms with E-state index in [1.54, 1.807) is 37.3 Å². The first-order valence-electron chi connectivity index (χ1n) is 6.91. The summed E-state index contributed by atoms with van der Waals surface area (Å²) in [5.41, 5.74) is 1.96. The van der Waals surface area contributed by atoms with Gasteiger partial charge in [-0.3, -0.25) is 9.59 Å². The molecule has 5 heteroatoms. The Labute approximate surface area is 126 Å². The first-order chi connectivity index (χ1) is 10.6. The Balaban J connectivity index is 1.74. The second-order valence-corrected chi connectivity index (χ2v) is 5.16. The molecule has 0 unspecified atom stereocenters. The van der Waals surface area contributed by atoms with Gasteiger partial charge >= 0.3 is 0 Å². The van der Waals surface area contributed by atoms with Crippen molar-refractivity contribution in [1.82, 2.24) is 0 Å². The lowest BCUT2D eigenvalue weighted by Gasteiger charge is -2.08. The van der Waals surface area contributed by atoms with Crippen LogP contribution in [0.3, 0.4) is 0 Å². The van der Waals surface area contributed by atoms with E-state index in [0.29, 0.717) is 5.56 Å². The number of para-hydroxylation sites is 1. The molecule has 1 aliphatic heterocycles. The highest BCUT2D eigenvalue weighted by Gasteiger charge is 2.27. The van der Waals surface area contributed by atoms with Crippen LogP contribution in [-0.2, 0) is 4.79 Å². The third-order valence-corrected chi connectivity index (χ3v) is 3.69. The lowest BCUT2D eigenvalue weighted by atomic mass is 9.99. The predicted molar refractivity (Wildman–Crippen MR) is 79.7 cm³/mol. The molecule has 3 rings (SSSR count). The van der Waals surface area contributed by atoms with E-state index in [0.717, 1.165) is 11.3 Å². The highest BCUT2D eigenvalue weighted by atomic mass is 19.1. The minimum absolute atomic E-state index is 0.0437. The lowest BCUT2D eigenvalue weighted by molar-refractivity contribution is -0.116. The molecule has 112 valence electrons. The van der Waals surface area contributed by atoms with Gasteiger partial charge in [0.05, 0.1) is 5.92 Å². The Kier molecular flexibility index (Phi) is 3.63. The number of hydrogen-bond acceptors (Lipinski definition) is 3. The van der Waals surface area contributed by atoms with Gasteiger partial charge in [-0.05, 0) is 42.8 Å². The molecule has 1 heterocycles. The Morgan fingerprint density at radius 2 is 2.05 bits per heavy atom. The van der Waals surface area contributed by atoms with Gasteiger partial charge in [0, 0.05) is 11.3 Å². The van der Waals surface area contributed by atoms with Gasteiger partial charge < -0.3 is 10.1 Å². The molecule has 0 saturated carbocycles. The van der Waals surface area contributed by atoms with Gasteiger partial charge in [-0.25, -0.2) is 4.39 Å². The van der Waals surface area contributed by atoms with Crippen molar-refractivity contribution >= 4 is 17.4 Å². The number of amides is 1. The number of rotatable bonds is 4. The van der Waals surface area contributed by atoms with E-state index in [1.807, 2.05) is 0 Å². The average Bonchev–Trinajstić information content (AvgIpc) is 2.81. The molecule has 0 saturated heterocycles. The van der Waals surface area contributed by atoms with Crippen LogP contribution < -0.4 is 10.1 Å². The molecule has 0 aliphatic carbocycles. The SMILES string of the molecule is C[C@@H]1C(=O)Nc2ccc(C(=O)COc3ccccc3F)cc21. The monoisotopic (exact) mass is 299 g/mol. The number of nitrogens with one attached hydrogen (secondary N) is 1. The molecular weight excluding hydrogens is 285 g/mol. The number of ether oxygens (including phenoxy) is 1. The summed E-state index contributed by atoms with van der Waals surface area (Å²) in [6, 6.07) is 10.9. The van der Waals surface area contributed by atoms with Crippen LogP contribution in [0.5, 0.6) is 5.75 Å². The van der Waals surface area contributed by atoms with Gasteiger partial charge in [-0.2, -0.15) is 0 Å². The Morgan fingerprint density at radius 3 is 2.82 bits per heavy atom. The van der Waals surface area contributed by atoms with Crippen molar-refractivity contribution in [3.8, 4) is 5.75 Å². The van der Waals surface area contributed by atoms with Gasteiger partial charge in [0.1, 0.15) is 0 Å². The van der Waals surface area contributed by atoms with Crippen molar-refractivity contribution in [3.63, 3.8) is 0 Å². The van der Waals surface area contributed by atoms with Gasteiger partial charge in [-0.15, -0.1) is 0 Å². The van der Waals surface area contributed by atoms with E-state index in [1.165, 1.54) is 12.1 Å². The van der Waals surface area contributed by atoms with Crippen molar-refractivity contribution in [3.05, 3.63) is 59.4 Å². The number of carbonyl (C=O) groups is 2. The smallest absolute Gasteiger partial charge is 0.231 e. The third-order valence-electron chi connectivity index (χ3n) is 3.69. The zero-order chi connectivity index (χ0) is 15.7.